The Morgan fingerprint density at radius 2 is 2.00 bits per heavy atom. The van der Waals surface area contributed by atoms with Gasteiger partial charge >= 0.3 is 0 Å². The number of fused-ring (bicyclic) bond motifs is 1. The van der Waals surface area contributed by atoms with Gasteiger partial charge < -0.3 is 0 Å². The molecule has 0 aliphatic carbocycles. The van der Waals surface area contributed by atoms with Crippen LogP contribution in [0, 0.1) is 0 Å². The van der Waals surface area contributed by atoms with Gasteiger partial charge in [-0.3, -0.25) is 4.57 Å². The molecule has 0 radical (unpaired) electrons. The lowest BCUT2D eigenvalue weighted by molar-refractivity contribution is 0.954. The number of hydrogen-bond acceptors (Lipinski definition) is 1. The molecule has 0 saturated carbocycles. The van der Waals surface area contributed by atoms with Crippen LogP contribution in [0.15, 0.2) is 40.9 Å². The van der Waals surface area contributed by atoms with Gasteiger partial charge in [0.25, 0.3) is 0 Å². The molecule has 3 rings (SSSR count). The van der Waals surface area contributed by atoms with E-state index in [1.807, 2.05) is 24.3 Å². The van der Waals surface area contributed by atoms with Gasteiger partial charge in [0.15, 0.2) is 0 Å². The summed E-state index contributed by atoms with van der Waals surface area (Å²) in [6.07, 6.45) is 0.934. The second-order valence-corrected chi connectivity index (χ2v) is 6.38. The first-order valence-electron chi connectivity index (χ1n) is 6.65. The van der Waals surface area contributed by atoms with Crippen molar-refractivity contribution in [2.24, 2.45) is 0 Å². The van der Waals surface area contributed by atoms with Gasteiger partial charge in [-0.05, 0) is 48.4 Å². The van der Waals surface area contributed by atoms with Crippen LogP contribution in [0.3, 0.4) is 0 Å². The fourth-order valence-electron chi connectivity index (χ4n) is 2.52. The Kier molecular flexibility index (Phi) is 4.25. The molecule has 3 aromatic rings. The van der Waals surface area contributed by atoms with E-state index in [1.54, 1.807) is 0 Å². The first-order chi connectivity index (χ1) is 10.1. The van der Waals surface area contributed by atoms with E-state index in [0.29, 0.717) is 10.9 Å². The van der Waals surface area contributed by atoms with E-state index in [9.17, 15) is 0 Å². The highest BCUT2D eigenvalue weighted by Gasteiger charge is 2.14. The molecular weight excluding hydrogens is 371 g/mol. The third-order valence-corrected chi connectivity index (χ3v) is 4.44. The van der Waals surface area contributed by atoms with Gasteiger partial charge in [0.05, 0.1) is 22.6 Å². The number of imidazole rings is 1. The quantitative estimate of drug-likeness (QED) is 0.527. The van der Waals surface area contributed by atoms with Crippen LogP contribution in [0.25, 0.3) is 16.7 Å². The number of rotatable bonds is 3. The van der Waals surface area contributed by atoms with Crippen LogP contribution in [-0.4, -0.2) is 9.55 Å². The summed E-state index contributed by atoms with van der Waals surface area (Å²) in [6.45, 7) is 2.14. The summed E-state index contributed by atoms with van der Waals surface area (Å²) in [5.41, 5.74) is 4.24. The molecule has 108 valence electrons. The molecule has 2 aromatic carbocycles. The van der Waals surface area contributed by atoms with Crippen molar-refractivity contribution in [1.29, 1.82) is 0 Å². The lowest BCUT2D eigenvalue weighted by Crippen LogP contribution is -2.03. The van der Waals surface area contributed by atoms with Crippen molar-refractivity contribution in [1.82, 2.24) is 9.55 Å². The maximum atomic E-state index is 6.09. The van der Waals surface area contributed by atoms with Crippen molar-refractivity contribution < 1.29 is 0 Å². The number of halogens is 3. The lowest BCUT2D eigenvalue weighted by Gasteiger charge is -2.13. The van der Waals surface area contributed by atoms with Gasteiger partial charge in [-0.2, -0.15) is 0 Å². The molecule has 1 heterocycles. The largest absolute Gasteiger partial charge is 0.295 e. The van der Waals surface area contributed by atoms with Crippen LogP contribution >= 0.6 is 39.1 Å². The fraction of sp³-hybridized carbons (Fsp3) is 0.188. The molecule has 0 aliphatic rings. The Labute approximate surface area is 141 Å². The molecule has 0 N–H and O–H groups in total. The van der Waals surface area contributed by atoms with E-state index < -0.39 is 0 Å². The van der Waals surface area contributed by atoms with Gasteiger partial charge in [-0.1, -0.05) is 34.5 Å². The van der Waals surface area contributed by atoms with E-state index in [4.69, 9.17) is 23.2 Å². The van der Waals surface area contributed by atoms with Crippen LogP contribution < -0.4 is 0 Å². The van der Waals surface area contributed by atoms with Gasteiger partial charge in [-0.25, -0.2) is 4.98 Å². The van der Waals surface area contributed by atoms with Crippen LogP contribution in [0.1, 0.15) is 18.3 Å². The molecule has 0 saturated heterocycles. The minimum atomic E-state index is 0.353. The Morgan fingerprint density at radius 1 is 1.19 bits per heavy atom. The predicted molar refractivity (Wildman–Crippen MR) is 92.7 cm³/mol. The van der Waals surface area contributed by atoms with E-state index in [0.717, 1.165) is 33.4 Å². The minimum absolute atomic E-state index is 0.353. The van der Waals surface area contributed by atoms with Crippen LogP contribution in [0.4, 0.5) is 0 Å². The zero-order valence-electron chi connectivity index (χ0n) is 11.4. The number of aromatic nitrogens is 2. The summed E-state index contributed by atoms with van der Waals surface area (Å²) in [6, 6.07) is 12.0. The molecule has 2 nitrogen and oxygen atoms in total. The molecule has 0 aliphatic heterocycles. The van der Waals surface area contributed by atoms with E-state index in [-0.39, 0.29) is 0 Å². The third kappa shape index (κ3) is 2.70. The lowest BCUT2D eigenvalue weighted by atomic mass is 10.1. The summed E-state index contributed by atoms with van der Waals surface area (Å²) in [4.78, 5) is 4.60. The van der Waals surface area contributed by atoms with Crippen LogP contribution in [0.2, 0.25) is 5.02 Å². The predicted octanol–water partition coefficient (Wildman–Crippen LogP) is 5.74. The summed E-state index contributed by atoms with van der Waals surface area (Å²) in [5, 5.41) is 0.680. The maximum Gasteiger partial charge on any atom is 0.129 e. The van der Waals surface area contributed by atoms with Crippen LogP contribution in [0.5, 0.6) is 0 Å². The van der Waals surface area contributed by atoms with E-state index in [2.05, 4.69) is 44.5 Å². The SMILES string of the molecule is CCc1cc(Br)ccc1-n1c(CCl)nc2cc(Cl)ccc21. The molecule has 0 fully saturated rings. The van der Waals surface area contributed by atoms with Crippen molar-refractivity contribution in [2.45, 2.75) is 19.2 Å². The van der Waals surface area contributed by atoms with Crippen LogP contribution in [-0.2, 0) is 12.3 Å². The summed E-state index contributed by atoms with van der Waals surface area (Å²) < 4.78 is 3.19. The van der Waals surface area contributed by atoms with Crippen molar-refractivity contribution >= 4 is 50.2 Å². The zero-order valence-corrected chi connectivity index (χ0v) is 14.5. The van der Waals surface area contributed by atoms with Crippen molar-refractivity contribution in [3.8, 4) is 5.69 Å². The summed E-state index contributed by atoms with van der Waals surface area (Å²) in [5.74, 6) is 1.18. The number of alkyl halides is 1. The topological polar surface area (TPSA) is 17.8 Å². The average molecular weight is 384 g/mol. The monoisotopic (exact) mass is 382 g/mol. The Balaban J connectivity index is 2.33. The van der Waals surface area contributed by atoms with Gasteiger partial charge in [-0.15, -0.1) is 11.6 Å². The fourth-order valence-corrected chi connectivity index (χ4v) is 3.27. The first-order valence-corrected chi connectivity index (χ1v) is 8.36. The van der Waals surface area contributed by atoms with Crippen molar-refractivity contribution in [2.75, 3.05) is 0 Å². The Morgan fingerprint density at radius 3 is 2.71 bits per heavy atom. The van der Waals surface area contributed by atoms with Crippen molar-refractivity contribution in [3.05, 3.63) is 57.3 Å². The number of hydrogen-bond donors (Lipinski definition) is 0. The highest BCUT2D eigenvalue weighted by molar-refractivity contribution is 9.10. The molecule has 0 bridgehead atoms. The second kappa shape index (κ2) is 5.99. The first kappa shape index (κ1) is 14.9. The Hall–Kier alpha value is -1.03. The molecule has 21 heavy (non-hydrogen) atoms. The molecule has 5 heteroatoms. The molecule has 0 unspecified atom stereocenters. The molecule has 0 atom stereocenters. The number of aryl methyl sites for hydroxylation is 1. The van der Waals surface area contributed by atoms with E-state index >= 15 is 0 Å². The maximum absolute atomic E-state index is 6.09. The standard InChI is InChI=1S/C16H13BrCl2N2/c1-2-10-7-11(17)3-5-14(10)21-15-6-4-12(19)8-13(15)20-16(21)9-18/h3-8H,2,9H2,1H3. The van der Waals surface area contributed by atoms with Gasteiger partial charge in [0, 0.05) is 9.50 Å². The molecular formula is C16H13BrCl2N2. The van der Waals surface area contributed by atoms with Crippen molar-refractivity contribution in [3.63, 3.8) is 0 Å². The van der Waals surface area contributed by atoms with E-state index in [1.165, 1.54) is 5.56 Å². The second-order valence-electron chi connectivity index (χ2n) is 4.76. The van der Waals surface area contributed by atoms with Gasteiger partial charge in [0.2, 0.25) is 0 Å². The molecule has 0 amide bonds. The molecule has 1 aromatic heterocycles. The highest BCUT2D eigenvalue weighted by atomic mass is 79.9. The normalized spacial score (nSPS) is 11.2. The summed E-state index contributed by atoms with van der Waals surface area (Å²) in [7, 11) is 0. The molecule has 0 spiro atoms. The third-order valence-electron chi connectivity index (χ3n) is 3.47. The highest BCUT2D eigenvalue weighted by Crippen LogP contribution is 2.28. The zero-order chi connectivity index (χ0) is 15.0. The Bertz CT molecular complexity index is 811. The summed E-state index contributed by atoms with van der Waals surface area (Å²) >= 11 is 15.7. The average Bonchev–Trinajstić information content (AvgIpc) is 2.84. The smallest absolute Gasteiger partial charge is 0.129 e. The number of nitrogens with zero attached hydrogens (tertiary/aromatic N) is 2. The van der Waals surface area contributed by atoms with Gasteiger partial charge in [0.1, 0.15) is 5.82 Å². The minimum Gasteiger partial charge on any atom is -0.295 e. The number of benzene rings is 2.